The van der Waals surface area contributed by atoms with Crippen LogP contribution in [0.1, 0.15) is 44.9 Å². The van der Waals surface area contributed by atoms with E-state index in [0.29, 0.717) is 5.56 Å². The summed E-state index contributed by atoms with van der Waals surface area (Å²) in [4.78, 5) is 0. The minimum Gasteiger partial charge on any atom is -0.242 e. The molecule has 0 aromatic heterocycles. The zero-order valence-electron chi connectivity index (χ0n) is 12.0. The molecule has 0 aliphatic heterocycles. The number of alkyl halides is 3. The second kappa shape index (κ2) is 6.26. The third-order valence-electron chi connectivity index (χ3n) is 2.70. The molecular formula is C14H20F3NOS. The van der Waals surface area contributed by atoms with Crippen LogP contribution in [0.25, 0.3) is 0 Å². The Bertz CT molecular complexity index is 480. The highest BCUT2D eigenvalue weighted by Crippen LogP contribution is 2.24. The number of hydrogen-bond donors (Lipinski definition) is 1. The number of benzene rings is 1. The van der Waals surface area contributed by atoms with E-state index in [2.05, 4.69) is 4.72 Å². The lowest BCUT2D eigenvalue weighted by Crippen LogP contribution is -2.34. The highest BCUT2D eigenvalue weighted by Gasteiger charge is 2.28. The molecule has 0 unspecified atom stereocenters. The normalized spacial score (nSPS) is 15.9. The van der Waals surface area contributed by atoms with Gasteiger partial charge in [-0.15, -0.1) is 0 Å². The lowest BCUT2D eigenvalue weighted by Gasteiger charge is -2.22. The Hall–Kier alpha value is -0.880. The van der Waals surface area contributed by atoms with Gasteiger partial charge >= 0.3 is 6.18 Å². The second-order valence-corrected chi connectivity index (χ2v) is 7.76. The van der Waals surface area contributed by atoms with Crippen molar-refractivity contribution in [3.8, 4) is 0 Å². The molecule has 0 bridgehead atoms. The van der Waals surface area contributed by atoms with Crippen molar-refractivity contribution in [2.45, 2.75) is 51.1 Å². The highest BCUT2D eigenvalue weighted by molar-refractivity contribution is 7.84. The monoisotopic (exact) mass is 307 g/mol. The maximum atomic E-state index is 12.4. The summed E-state index contributed by atoms with van der Waals surface area (Å²) in [5, 5.41) is 0. The lowest BCUT2D eigenvalue weighted by atomic mass is 10.0. The summed E-state index contributed by atoms with van der Waals surface area (Å²) in [5.41, 5.74) is 0.912. The Kier molecular flexibility index (Phi) is 5.38. The molecule has 2 nitrogen and oxygen atoms in total. The molecule has 2 atom stereocenters. The van der Waals surface area contributed by atoms with Crippen molar-refractivity contribution in [2.75, 3.05) is 0 Å². The van der Waals surface area contributed by atoms with Crippen LogP contribution >= 0.6 is 0 Å². The van der Waals surface area contributed by atoms with Gasteiger partial charge in [0, 0.05) is 6.04 Å². The molecule has 0 aliphatic carbocycles. The van der Waals surface area contributed by atoms with Crippen molar-refractivity contribution < 1.29 is 17.4 Å². The SMILES string of the molecule is C[C@@H](N[S@](=O)C(C)(C)C)c1cccc(CC(F)(F)F)c1. The maximum Gasteiger partial charge on any atom is 0.393 e. The van der Waals surface area contributed by atoms with E-state index in [1.54, 1.807) is 19.1 Å². The first-order valence-corrected chi connectivity index (χ1v) is 7.47. The van der Waals surface area contributed by atoms with Crippen LogP contribution in [-0.2, 0) is 17.4 Å². The topological polar surface area (TPSA) is 29.1 Å². The minimum absolute atomic E-state index is 0.213. The van der Waals surface area contributed by atoms with Gasteiger partial charge < -0.3 is 0 Å². The van der Waals surface area contributed by atoms with Crippen molar-refractivity contribution in [2.24, 2.45) is 0 Å². The van der Waals surface area contributed by atoms with E-state index < -0.39 is 28.3 Å². The molecule has 0 spiro atoms. The molecule has 0 saturated heterocycles. The van der Waals surface area contributed by atoms with E-state index in [0.717, 1.165) is 0 Å². The van der Waals surface area contributed by atoms with Gasteiger partial charge in [-0.1, -0.05) is 24.3 Å². The zero-order valence-corrected chi connectivity index (χ0v) is 12.9. The van der Waals surface area contributed by atoms with Gasteiger partial charge in [0.15, 0.2) is 0 Å². The molecule has 0 saturated carbocycles. The van der Waals surface area contributed by atoms with Crippen LogP contribution in [0, 0.1) is 0 Å². The number of hydrogen-bond acceptors (Lipinski definition) is 1. The Morgan fingerprint density at radius 1 is 1.25 bits per heavy atom. The second-order valence-electron chi connectivity index (χ2n) is 5.76. The predicted molar refractivity (Wildman–Crippen MR) is 75.6 cm³/mol. The molecule has 1 rings (SSSR count). The molecule has 0 heterocycles. The number of halogens is 3. The Morgan fingerprint density at radius 2 is 1.85 bits per heavy atom. The average molecular weight is 307 g/mol. The Labute approximate surface area is 120 Å². The van der Waals surface area contributed by atoms with E-state index in [9.17, 15) is 17.4 Å². The van der Waals surface area contributed by atoms with E-state index in [-0.39, 0.29) is 11.6 Å². The summed E-state index contributed by atoms with van der Waals surface area (Å²) >= 11 is 0. The van der Waals surface area contributed by atoms with E-state index in [1.165, 1.54) is 12.1 Å². The summed E-state index contributed by atoms with van der Waals surface area (Å²) in [5.74, 6) is 0. The maximum absolute atomic E-state index is 12.4. The molecule has 0 radical (unpaired) electrons. The molecular weight excluding hydrogens is 287 g/mol. The van der Waals surface area contributed by atoms with Crippen LogP contribution in [0.2, 0.25) is 0 Å². The molecule has 0 aliphatic rings. The lowest BCUT2D eigenvalue weighted by molar-refractivity contribution is -0.127. The predicted octanol–water partition coefficient (Wildman–Crippen LogP) is 3.90. The van der Waals surface area contributed by atoms with E-state index >= 15 is 0 Å². The van der Waals surface area contributed by atoms with Crippen molar-refractivity contribution in [3.05, 3.63) is 35.4 Å². The van der Waals surface area contributed by atoms with Crippen molar-refractivity contribution in [1.82, 2.24) is 4.72 Å². The van der Waals surface area contributed by atoms with Crippen molar-refractivity contribution >= 4 is 11.0 Å². The van der Waals surface area contributed by atoms with E-state index in [4.69, 9.17) is 0 Å². The van der Waals surface area contributed by atoms with Crippen LogP contribution in [0.3, 0.4) is 0 Å². The fourth-order valence-corrected chi connectivity index (χ4v) is 2.42. The summed E-state index contributed by atoms with van der Waals surface area (Å²) in [6.07, 6.45) is -5.17. The Balaban J connectivity index is 2.81. The molecule has 20 heavy (non-hydrogen) atoms. The first-order chi connectivity index (χ1) is 8.99. The Morgan fingerprint density at radius 3 is 2.35 bits per heavy atom. The zero-order chi connectivity index (χ0) is 15.6. The van der Waals surface area contributed by atoms with Gasteiger partial charge in [0.05, 0.1) is 22.2 Å². The van der Waals surface area contributed by atoms with Gasteiger partial charge in [0.1, 0.15) is 0 Å². The molecule has 1 aromatic rings. The first-order valence-electron chi connectivity index (χ1n) is 6.33. The number of nitrogens with one attached hydrogen (secondary N) is 1. The van der Waals surface area contributed by atoms with Crippen LogP contribution in [0.4, 0.5) is 13.2 Å². The van der Waals surface area contributed by atoms with Gasteiger partial charge in [-0.3, -0.25) is 0 Å². The quantitative estimate of drug-likeness (QED) is 0.898. The van der Waals surface area contributed by atoms with Gasteiger partial charge in [-0.05, 0) is 38.8 Å². The molecule has 6 heteroatoms. The van der Waals surface area contributed by atoms with Crippen LogP contribution in [0.15, 0.2) is 24.3 Å². The third kappa shape index (κ3) is 5.63. The molecule has 0 amide bonds. The largest absolute Gasteiger partial charge is 0.393 e. The average Bonchev–Trinajstić information content (AvgIpc) is 2.25. The minimum atomic E-state index is -4.22. The number of rotatable bonds is 4. The smallest absolute Gasteiger partial charge is 0.242 e. The highest BCUT2D eigenvalue weighted by atomic mass is 32.2. The summed E-state index contributed by atoms with van der Waals surface area (Å²) in [6, 6.07) is 6.00. The molecule has 114 valence electrons. The molecule has 0 fully saturated rings. The van der Waals surface area contributed by atoms with Crippen molar-refractivity contribution in [1.29, 1.82) is 0 Å². The van der Waals surface area contributed by atoms with Gasteiger partial charge in [-0.25, -0.2) is 8.93 Å². The molecule has 1 aromatic carbocycles. The standard InChI is InChI=1S/C14H20F3NOS/c1-10(18-20(19)13(2,3)4)12-7-5-6-11(8-12)9-14(15,16)17/h5-8,10,18H,9H2,1-4H3/t10-,20-/m1/s1. The van der Waals surface area contributed by atoms with Crippen LogP contribution in [0.5, 0.6) is 0 Å². The fraction of sp³-hybridized carbons (Fsp3) is 0.571. The van der Waals surface area contributed by atoms with Crippen molar-refractivity contribution in [3.63, 3.8) is 0 Å². The van der Waals surface area contributed by atoms with Gasteiger partial charge in [0.25, 0.3) is 0 Å². The summed E-state index contributed by atoms with van der Waals surface area (Å²) in [7, 11) is -1.27. The summed E-state index contributed by atoms with van der Waals surface area (Å²) in [6.45, 7) is 7.30. The third-order valence-corrected chi connectivity index (χ3v) is 4.38. The van der Waals surface area contributed by atoms with Crippen LogP contribution < -0.4 is 4.72 Å². The van der Waals surface area contributed by atoms with E-state index in [1.807, 2.05) is 20.8 Å². The first kappa shape index (κ1) is 17.2. The fourth-order valence-electron chi connectivity index (χ4n) is 1.61. The van der Waals surface area contributed by atoms with Gasteiger partial charge in [0.2, 0.25) is 0 Å². The van der Waals surface area contributed by atoms with Gasteiger partial charge in [-0.2, -0.15) is 13.2 Å². The summed E-state index contributed by atoms with van der Waals surface area (Å²) < 4.78 is 51.6. The molecule has 1 N–H and O–H groups in total. The van der Waals surface area contributed by atoms with Crippen LogP contribution in [-0.4, -0.2) is 15.1 Å².